The van der Waals surface area contributed by atoms with E-state index in [0.717, 1.165) is 34.3 Å². The number of nitrogens with one attached hydrogen (secondary N) is 1. The van der Waals surface area contributed by atoms with Crippen molar-refractivity contribution in [1.82, 2.24) is 9.97 Å². The van der Waals surface area contributed by atoms with Gasteiger partial charge in [-0.15, -0.1) is 0 Å². The molecule has 0 saturated heterocycles. The minimum atomic E-state index is -0.121. The Hall–Kier alpha value is -2.01. The van der Waals surface area contributed by atoms with E-state index >= 15 is 0 Å². The van der Waals surface area contributed by atoms with Crippen LogP contribution in [0.1, 0.15) is 48.1 Å². The van der Waals surface area contributed by atoms with Crippen molar-refractivity contribution >= 4 is 17.5 Å². The monoisotopic (exact) mass is 330 g/mol. The molecule has 4 nitrogen and oxygen atoms in total. The third kappa shape index (κ3) is 4.26. The van der Waals surface area contributed by atoms with E-state index in [4.69, 9.17) is 4.74 Å². The lowest BCUT2D eigenvalue weighted by atomic mass is 10.1. The number of benzene rings is 1. The van der Waals surface area contributed by atoms with Crippen LogP contribution in [0, 0.1) is 0 Å². The van der Waals surface area contributed by atoms with Gasteiger partial charge in [-0.1, -0.05) is 44.3 Å². The molecule has 0 aliphatic carbocycles. The fourth-order valence-corrected chi connectivity index (χ4v) is 3.00. The summed E-state index contributed by atoms with van der Waals surface area (Å²) in [6.45, 7) is 7.77. The summed E-state index contributed by atoms with van der Waals surface area (Å²) in [6, 6.07) is 7.90. The molecular weight excluding hydrogens is 308 g/mol. The molecule has 1 aromatic heterocycles. The molecule has 1 N–H and O–H groups in total. The first-order valence-electron chi connectivity index (χ1n) is 7.61. The lowest BCUT2D eigenvalue weighted by Gasteiger charge is -2.03. The predicted molar refractivity (Wildman–Crippen MR) is 94.4 cm³/mol. The number of imidazole rings is 1. The third-order valence-corrected chi connectivity index (χ3v) is 4.78. The fourth-order valence-electron chi connectivity index (χ4n) is 2.05. The molecule has 0 aliphatic rings. The standard InChI is InChI=1S/C18H22N2O2S/c1-5-12(3)17-19-16(15(21)6-2)18(20-17)23-11-13-7-9-14(22-4)10-8-13/h6-10,12H,2,5,11H2,1,3-4H3,(H,19,20). The minimum Gasteiger partial charge on any atom is -0.497 e. The molecule has 0 amide bonds. The van der Waals surface area contributed by atoms with Crippen LogP contribution in [0.2, 0.25) is 0 Å². The number of methoxy groups -OCH3 is 1. The van der Waals surface area contributed by atoms with Crippen molar-refractivity contribution < 1.29 is 9.53 Å². The van der Waals surface area contributed by atoms with Crippen LogP contribution in [0.4, 0.5) is 0 Å². The van der Waals surface area contributed by atoms with Gasteiger partial charge in [0.2, 0.25) is 5.78 Å². The predicted octanol–water partition coefficient (Wildman–Crippen LogP) is 4.59. The van der Waals surface area contributed by atoms with Crippen LogP contribution < -0.4 is 4.74 Å². The van der Waals surface area contributed by atoms with Crippen LogP contribution in [0.15, 0.2) is 41.9 Å². The number of hydrogen-bond donors (Lipinski definition) is 1. The number of aromatic amines is 1. The summed E-state index contributed by atoms with van der Waals surface area (Å²) in [5.41, 5.74) is 1.69. The molecule has 23 heavy (non-hydrogen) atoms. The van der Waals surface area contributed by atoms with Gasteiger partial charge in [0, 0.05) is 11.7 Å². The van der Waals surface area contributed by atoms with Gasteiger partial charge in [-0.25, -0.2) is 4.98 Å². The molecule has 0 radical (unpaired) electrons. The minimum absolute atomic E-state index is 0.121. The smallest absolute Gasteiger partial charge is 0.204 e. The molecule has 122 valence electrons. The van der Waals surface area contributed by atoms with Gasteiger partial charge < -0.3 is 9.72 Å². The van der Waals surface area contributed by atoms with Gasteiger partial charge in [-0.05, 0) is 30.2 Å². The van der Waals surface area contributed by atoms with Crippen LogP contribution in [-0.2, 0) is 5.75 Å². The van der Waals surface area contributed by atoms with Crippen molar-refractivity contribution in [2.45, 2.75) is 37.0 Å². The molecule has 0 fully saturated rings. The van der Waals surface area contributed by atoms with Crippen LogP contribution in [0.5, 0.6) is 5.75 Å². The SMILES string of the molecule is C=CC(=O)c1[nH]c(C(C)CC)nc1SCc1ccc(OC)cc1. The van der Waals surface area contributed by atoms with Gasteiger partial charge in [-0.2, -0.15) is 0 Å². The molecule has 2 aromatic rings. The molecule has 0 spiro atoms. The van der Waals surface area contributed by atoms with E-state index < -0.39 is 0 Å². The highest BCUT2D eigenvalue weighted by Gasteiger charge is 2.18. The lowest BCUT2D eigenvalue weighted by Crippen LogP contribution is -1.98. The van der Waals surface area contributed by atoms with E-state index in [1.54, 1.807) is 18.9 Å². The van der Waals surface area contributed by atoms with E-state index in [2.05, 4.69) is 30.4 Å². The van der Waals surface area contributed by atoms with Crippen molar-refractivity contribution in [2.75, 3.05) is 7.11 Å². The van der Waals surface area contributed by atoms with Gasteiger partial charge >= 0.3 is 0 Å². The second-order valence-electron chi connectivity index (χ2n) is 5.32. The zero-order valence-corrected chi connectivity index (χ0v) is 14.6. The van der Waals surface area contributed by atoms with E-state index in [9.17, 15) is 4.79 Å². The van der Waals surface area contributed by atoms with E-state index in [1.165, 1.54) is 6.08 Å². The molecule has 1 unspecified atom stereocenters. The Morgan fingerprint density at radius 2 is 2.13 bits per heavy atom. The Bertz CT molecular complexity index is 677. The highest BCUT2D eigenvalue weighted by atomic mass is 32.2. The Labute approximate surface area is 141 Å². The topological polar surface area (TPSA) is 55.0 Å². The summed E-state index contributed by atoms with van der Waals surface area (Å²) in [6.07, 6.45) is 2.29. The van der Waals surface area contributed by atoms with Gasteiger partial charge in [0.25, 0.3) is 0 Å². The van der Waals surface area contributed by atoms with Gasteiger partial charge in [-0.3, -0.25) is 4.79 Å². The number of carbonyl (C=O) groups is 1. The average molecular weight is 330 g/mol. The molecule has 1 heterocycles. The number of allylic oxidation sites excluding steroid dienone is 1. The van der Waals surface area contributed by atoms with Crippen LogP contribution in [0.25, 0.3) is 0 Å². The molecular formula is C18H22N2O2S. The van der Waals surface area contributed by atoms with Crippen molar-refractivity contribution in [2.24, 2.45) is 0 Å². The first-order valence-corrected chi connectivity index (χ1v) is 8.60. The van der Waals surface area contributed by atoms with Gasteiger partial charge in [0.15, 0.2) is 0 Å². The van der Waals surface area contributed by atoms with Crippen molar-refractivity contribution in [1.29, 1.82) is 0 Å². The Morgan fingerprint density at radius 3 is 2.70 bits per heavy atom. The number of hydrogen-bond acceptors (Lipinski definition) is 4. The number of thioether (sulfide) groups is 1. The second kappa shape index (κ2) is 8.02. The highest BCUT2D eigenvalue weighted by molar-refractivity contribution is 7.98. The summed E-state index contributed by atoms with van der Waals surface area (Å²) in [5.74, 6) is 2.60. The normalized spacial score (nSPS) is 12.0. The van der Waals surface area contributed by atoms with Crippen molar-refractivity contribution in [3.8, 4) is 5.75 Å². The van der Waals surface area contributed by atoms with Crippen molar-refractivity contribution in [3.05, 3.63) is 54.0 Å². The summed E-state index contributed by atoms with van der Waals surface area (Å²) < 4.78 is 5.16. The molecule has 0 bridgehead atoms. The number of aromatic nitrogens is 2. The Kier molecular flexibility index (Phi) is 6.04. The summed E-state index contributed by atoms with van der Waals surface area (Å²) in [7, 11) is 1.65. The zero-order valence-electron chi connectivity index (χ0n) is 13.8. The molecule has 0 saturated carbocycles. The maximum atomic E-state index is 12.0. The second-order valence-corrected chi connectivity index (χ2v) is 6.28. The summed E-state index contributed by atoms with van der Waals surface area (Å²) >= 11 is 1.55. The number of carbonyl (C=O) groups excluding carboxylic acids is 1. The summed E-state index contributed by atoms with van der Waals surface area (Å²) in [5, 5.41) is 0.737. The maximum Gasteiger partial charge on any atom is 0.204 e. The van der Waals surface area contributed by atoms with E-state index in [-0.39, 0.29) is 5.78 Å². The average Bonchev–Trinajstić information content (AvgIpc) is 3.03. The first kappa shape index (κ1) is 17.3. The Morgan fingerprint density at radius 1 is 1.43 bits per heavy atom. The number of H-pyrrole nitrogens is 1. The number of rotatable bonds is 8. The number of ketones is 1. The number of nitrogens with zero attached hydrogens (tertiary/aromatic N) is 1. The third-order valence-electron chi connectivity index (χ3n) is 3.73. The first-order chi connectivity index (χ1) is 11.1. The molecule has 1 atom stereocenters. The highest BCUT2D eigenvalue weighted by Crippen LogP contribution is 2.28. The van der Waals surface area contributed by atoms with Crippen LogP contribution >= 0.6 is 11.8 Å². The maximum absolute atomic E-state index is 12.0. The largest absolute Gasteiger partial charge is 0.497 e. The zero-order chi connectivity index (χ0) is 16.8. The van der Waals surface area contributed by atoms with E-state index in [0.29, 0.717) is 11.6 Å². The van der Waals surface area contributed by atoms with Gasteiger partial charge in [0.1, 0.15) is 22.3 Å². The van der Waals surface area contributed by atoms with Gasteiger partial charge in [0.05, 0.1) is 7.11 Å². The Balaban J connectivity index is 2.17. The van der Waals surface area contributed by atoms with Crippen LogP contribution in [-0.4, -0.2) is 22.9 Å². The lowest BCUT2D eigenvalue weighted by molar-refractivity contribution is 0.104. The molecule has 5 heteroatoms. The fraction of sp³-hybridized carbons (Fsp3) is 0.333. The quantitative estimate of drug-likeness (QED) is 0.437. The molecule has 2 rings (SSSR count). The number of ether oxygens (including phenoxy) is 1. The van der Waals surface area contributed by atoms with E-state index in [1.807, 2.05) is 24.3 Å². The van der Waals surface area contributed by atoms with Crippen molar-refractivity contribution in [3.63, 3.8) is 0 Å². The van der Waals surface area contributed by atoms with Crippen LogP contribution in [0.3, 0.4) is 0 Å². The molecule has 0 aliphatic heterocycles. The summed E-state index contributed by atoms with van der Waals surface area (Å²) in [4.78, 5) is 19.8. The molecule has 1 aromatic carbocycles.